The Morgan fingerprint density at radius 1 is 1.47 bits per heavy atom. The molecule has 0 radical (unpaired) electrons. The van der Waals surface area contributed by atoms with E-state index in [1.54, 1.807) is 7.05 Å². The molecular formula is C12H10ClN3O3. The topological polar surface area (TPSA) is 84.2 Å². The fraction of sp³-hybridized carbons (Fsp3) is 0.0833. The zero-order valence-corrected chi connectivity index (χ0v) is 10.7. The Morgan fingerprint density at radius 2 is 2.21 bits per heavy atom. The number of aryl methyl sites for hydroxylation is 1. The summed E-state index contributed by atoms with van der Waals surface area (Å²) in [7, 11) is 1.61. The first-order valence-corrected chi connectivity index (χ1v) is 5.68. The first-order valence-electron chi connectivity index (χ1n) is 5.30. The molecule has 0 aliphatic rings. The Morgan fingerprint density at radius 3 is 2.84 bits per heavy atom. The fourth-order valence-electron chi connectivity index (χ4n) is 1.49. The van der Waals surface area contributed by atoms with Crippen LogP contribution in [0.25, 0.3) is 0 Å². The van der Waals surface area contributed by atoms with Crippen LogP contribution in [0.1, 0.15) is 10.4 Å². The van der Waals surface area contributed by atoms with Crippen molar-refractivity contribution in [3.05, 3.63) is 51.5 Å². The number of aromatic nitrogens is 2. The number of hydrogen-bond acceptors (Lipinski definition) is 4. The third-order valence-corrected chi connectivity index (χ3v) is 2.79. The van der Waals surface area contributed by atoms with Gasteiger partial charge < -0.3 is 15.0 Å². The van der Waals surface area contributed by atoms with Crippen LogP contribution in [0.3, 0.4) is 0 Å². The van der Waals surface area contributed by atoms with Gasteiger partial charge in [0, 0.05) is 25.1 Å². The normalized spacial score (nSPS) is 10.2. The van der Waals surface area contributed by atoms with Crippen molar-refractivity contribution >= 4 is 29.1 Å². The minimum atomic E-state index is -1.11. The van der Waals surface area contributed by atoms with Crippen LogP contribution in [0.15, 0.2) is 35.4 Å². The molecule has 2 aromatic rings. The van der Waals surface area contributed by atoms with Gasteiger partial charge in [-0.1, -0.05) is 11.6 Å². The van der Waals surface area contributed by atoms with Gasteiger partial charge in [0.05, 0.1) is 10.6 Å². The lowest BCUT2D eigenvalue weighted by molar-refractivity contribution is 0.0697. The molecule has 0 aliphatic heterocycles. The molecule has 1 heterocycles. The van der Waals surface area contributed by atoms with E-state index >= 15 is 0 Å². The molecule has 0 saturated heterocycles. The second-order valence-electron chi connectivity index (χ2n) is 3.82. The summed E-state index contributed by atoms with van der Waals surface area (Å²) < 4.78 is 1.38. The summed E-state index contributed by atoms with van der Waals surface area (Å²) >= 11 is 5.84. The van der Waals surface area contributed by atoms with E-state index in [1.165, 1.54) is 35.2 Å². The summed E-state index contributed by atoms with van der Waals surface area (Å²) in [6, 6.07) is 4.31. The summed E-state index contributed by atoms with van der Waals surface area (Å²) in [5.74, 6) is -0.963. The highest BCUT2D eigenvalue weighted by molar-refractivity contribution is 6.33. The number of nitrogens with zero attached hydrogens (tertiary/aromatic N) is 2. The van der Waals surface area contributed by atoms with Gasteiger partial charge in [-0.3, -0.25) is 4.79 Å². The Bertz CT molecular complexity index is 697. The standard InChI is InChI=1S/C12H10ClN3O3/c1-16-5-4-14-10(11(16)17)15-7-2-3-8(12(18)19)9(13)6-7/h2-6H,1H3,(H,14,15)(H,18,19). The van der Waals surface area contributed by atoms with Gasteiger partial charge in [-0.05, 0) is 18.2 Å². The van der Waals surface area contributed by atoms with Crippen molar-refractivity contribution in [2.75, 3.05) is 5.32 Å². The largest absolute Gasteiger partial charge is 0.478 e. The summed E-state index contributed by atoms with van der Waals surface area (Å²) in [6.45, 7) is 0. The lowest BCUT2D eigenvalue weighted by Gasteiger charge is -2.07. The average Bonchev–Trinajstić information content (AvgIpc) is 2.34. The van der Waals surface area contributed by atoms with Crippen LogP contribution in [0.2, 0.25) is 5.02 Å². The van der Waals surface area contributed by atoms with Crippen LogP contribution in [0.4, 0.5) is 11.5 Å². The highest BCUT2D eigenvalue weighted by Gasteiger charge is 2.10. The predicted octanol–water partition coefficient (Wildman–Crippen LogP) is 1.88. The predicted molar refractivity (Wildman–Crippen MR) is 71.2 cm³/mol. The second kappa shape index (κ2) is 5.11. The SMILES string of the molecule is Cn1ccnc(Nc2ccc(C(=O)O)c(Cl)c2)c1=O. The molecule has 0 bridgehead atoms. The molecule has 1 aromatic carbocycles. The van der Waals surface area contributed by atoms with Gasteiger partial charge in [0.25, 0.3) is 5.56 Å². The molecule has 7 heteroatoms. The van der Waals surface area contributed by atoms with Crippen molar-refractivity contribution in [3.63, 3.8) is 0 Å². The first kappa shape index (κ1) is 13.1. The Hall–Kier alpha value is -2.34. The molecular weight excluding hydrogens is 270 g/mol. The monoisotopic (exact) mass is 279 g/mol. The maximum absolute atomic E-state index is 11.7. The summed E-state index contributed by atoms with van der Waals surface area (Å²) in [5.41, 5.74) is 0.202. The van der Waals surface area contributed by atoms with Crippen molar-refractivity contribution in [3.8, 4) is 0 Å². The van der Waals surface area contributed by atoms with E-state index in [4.69, 9.17) is 16.7 Å². The number of anilines is 2. The maximum Gasteiger partial charge on any atom is 0.337 e. The summed E-state index contributed by atoms with van der Waals surface area (Å²) in [4.78, 5) is 26.5. The number of carbonyl (C=O) groups is 1. The lowest BCUT2D eigenvalue weighted by Crippen LogP contribution is -2.20. The minimum Gasteiger partial charge on any atom is -0.478 e. The molecule has 98 valence electrons. The number of rotatable bonds is 3. The van der Waals surface area contributed by atoms with Crippen molar-refractivity contribution in [1.82, 2.24) is 9.55 Å². The highest BCUT2D eigenvalue weighted by atomic mass is 35.5. The number of hydrogen-bond donors (Lipinski definition) is 2. The summed E-state index contributed by atoms with van der Waals surface area (Å²) in [6.07, 6.45) is 3.02. The molecule has 1 aromatic heterocycles. The zero-order chi connectivity index (χ0) is 14.0. The number of halogens is 1. The van der Waals surface area contributed by atoms with E-state index in [0.29, 0.717) is 5.69 Å². The van der Waals surface area contributed by atoms with Crippen LogP contribution in [-0.4, -0.2) is 20.6 Å². The lowest BCUT2D eigenvalue weighted by atomic mass is 10.2. The average molecular weight is 280 g/mol. The van der Waals surface area contributed by atoms with Crippen molar-refractivity contribution in [2.45, 2.75) is 0 Å². The van der Waals surface area contributed by atoms with Crippen LogP contribution in [-0.2, 0) is 7.05 Å². The molecule has 0 spiro atoms. The molecule has 0 aliphatic carbocycles. The number of nitrogens with one attached hydrogen (secondary N) is 1. The van der Waals surface area contributed by atoms with Gasteiger partial charge in [-0.2, -0.15) is 0 Å². The van der Waals surface area contributed by atoms with E-state index in [9.17, 15) is 9.59 Å². The van der Waals surface area contributed by atoms with Crippen LogP contribution in [0.5, 0.6) is 0 Å². The van der Waals surface area contributed by atoms with Gasteiger partial charge in [0.2, 0.25) is 0 Å². The van der Waals surface area contributed by atoms with Gasteiger partial charge in [0.15, 0.2) is 5.82 Å². The smallest absolute Gasteiger partial charge is 0.337 e. The number of carboxylic acids is 1. The molecule has 0 saturated carbocycles. The van der Waals surface area contributed by atoms with Gasteiger partial charge in [-0.25, -0.2) is 9.78 Å². The van der Waals surface area contributed by atoms with E-state index in [-0.39, 0.29) is 22.0 Å². The van der Waals surface area contributed by atoms with Crippen molar-refractivity contribution in [1.29, 1.82) is 0 Å². The number of aromatic carboxylic acids is 1. The molecule has 2 rings (SSSR count). The molecule has 0 unspecified atom stereocenters. The van der Waals surface area contributed by atoms with E-state index in [1.807, 2.05) is 0 Å². The van der Waals surface area contributed by atoms with Crippen LogP contribution in [0, 0.1) is 0 Å². The third kappa shape index (κ3) is 2.74. The molecule has 0 amide bonds. The molecule has 2 N–H and O–H groups in total. The fourth-order valence-corrected chi connectivity index (χ4v) is 1.75. The number of carboxylic acid groups (broad SMARTS) is 1. The van der Waals surface area contributed by atoms with Crippen molar-refractivity contribution in [2.24, 2.45) is 7.05 Å². The molecule has 19 heavy (non-hydrogen) atoms. The van der Waals surface area contributed by atoms with Gasteiger partial charge >= 0.3 is 5.97 Å². The van der Waals surface area contributed by atoms with E-state index in [0.717, 1.165) is 0 Å². The van der Waals surface area contributed by atoms with Crippen LogP contribution >= 0.6 is 11.6 Å². The third-order valence-electron chi connectivity index (χ3n) is 2.48. The molecule has 0 fully saturated rings. The minimum absolute atomic E-state index is 0.00106. The quantitative estimate of drug-likeness (QED) is 0.896. The van der Waals surface area contributed by atoms with E-state index in [2.05, 4.69) is 10.3 Å². The highest BCUT2D eigenvalue weighted by Crippen LogP contribution is 2.22. The zero-order valence-electron chi connectivity index (χ0n) is 9.92. The number of benzene rings is 1. The van der Waals surface area contributed by atoms with E-state index < -0.39 is 5.97 Å². The summed E-state index contributed by atoms with van der Waals surface area (Å²) in [5, 5.41) is 11.7. The Kier molecular flexibility index (Phi) is 3.52. The van der Waals surface area contributed by atoms with Gasteiger partial charge in [0.1, 0.15) is 0 Å². The molecule has 6 nitrogen and oxygen atoms in total. The maximum atomic E-state index is 11.7. The Labute approximate surface area is 113 Å². The van der Waals surface area contributed by atoms with Crippen LogP contribution < -0.4 is 10.9 Å². The first-order chi connectivity index (χ1) is 8.99. The Balaban J connectivity index is 2.34. The molecule has 0 atom stereocenters. The van der Waals surface area contributed by atoms with Crippen molar-refractivity contribution < 1.29 is 9.90 Å². The second-order valence-corrected chi connectivity index (χ2v) is 4.22. The van der Waals surface area contributed by atoms with Gasteiger partial charge in [-0.15, -0.1) is 0 Å².